The zero-order valence-corrected chi connectivity index (χ0v) is 13.8. The van der Waals surface area contributed by atoms with E-state index in [-0.39, 0.29) is 30.2 Å². The Kier molecular flexibility index (Phi) is 5.91. The van der Waals surface area contributed by atoms with Crippen LogP contribution in [0.3, 0.4) is 0 Å². The molecule has 0 aromatic heterocycles. The molecule has 4 N–H and O–H groups in total. The van der Waals surface area contributed by atoms with E-state index in [1.54, 1.807) is 6.92 Å². The van der Waals surface area contributed by atoms with Crippen LogP contribution in [-0.2, 0) is 17.5 Å². The first kappa shape index (κ1) is 19.4. The molecule has 0 aliphatic rings. The Hall–Kier alpha value is -2.97. The lowest BCUT2D eigenvalue weighted by Gasteiger charge is -2.13. The molecule has 2 aromatic rings. The van der Waals surface area contributed by atoms with Crippen LogP contribution in [0.25, 0.3) is 0 Å². The van der Waals surface area contributed by atoms with Gasteiger partial charge in [-0.05, 0) is 30.7 Å². The van der Waals surface area contributed by atoms with Crippen molar-refractivity contribution in [1.82, 2.24) is 0 Å². The van der Waals surface area contributed by atoms with Crippen molar-refractivity contribution < 1.29 is 27.1 Å². The van der Waals surface area contributed by atoms with Gasteiger partial charge in [-0.15, -0.1) is 0 Å². The Labute approximate surface area is 147 Å². The molecule has 0 aliphatic carbocycles. The van der Waals surface area contributed by atoms with E-state index >= 15 is 0 Å². The highest BCUT2D eigenvalue weighted by atomic mass is 19.4. The zero-order chi connectivity index (χ0) is 19.3. The Balaban J connectivity index is 2.06. The second kappa shape index (κ2) is 7.94. The molecule has 0 saturated heterocycles. The summed E-state index contributed by atoms with van der Waals surface area (Å²) in [7, 11) is 0. The number of anilines is 3. The number of halogens is 4. The lowest BCUT2D eigenvalue weighted by molar-refractivity contribution is -0.137. The monoisotopic (exact) mass is 371 g/mol. The first-order valence-corrected chi connectivity index (χ1v) is 7.63. The number of nitrogens with one attached hydrogen (secondary N) is 2. The molecule has 0 saturated carbocycles. The summed E-state index contributed by atoms with van der Waals surface area (Å²) < 4.78 is 56.4. The minimum atomic E-state index is -4.41. The van der Waals surface area contributed by atoms with Crippen molar-refractivity contribution in [2.24, 2.45) is 0 Å². The van der Waals surface area contributed by atoms with Gasteiger partial charge < -0.3 is 15.8 Å². The number of carbonyl (C=O) groups excluding carboxylic acids is 1. The molecule has 0 atom stereocenters. The van der Waals surface area contributed by atoms with Gasteiger partial charge in [0.2, 0.25) is 0 Å². The maximum absolute atomic E-state index is 14.1. The highest BCUT2D eigenvalue weighted by Crippen LogP contribution is 2.30. The fourth-order valence-corrected chi connectivity index (χ4v) is 2.12. The Bertz CT molecular complexity index is 777. The van der Waals surface area contributed by atoms with Gasteiger partial charge in [0.1, 0.15) is 5.82 Å². The minimum absolute atomic E-state index is 0.0526. The van der Waals surface area contributed by atoms with Gasteiger partial charge in [0.05, 0.1) is 29.2 Å². The van der Waals surface area contributed by atoms with E-state index in [1.165, 1.54) is 18.2 Å². The number of ether oxygens (including phenoxy) is 1. The number of rotatable bonds is 5. The van der Waals surface area contributed by atoms with E-state index in [0.29, 0.717) is 5.56 Å². The maximum atomic E-state index is 14.1. The average Bonchev–Trinajstić information content (AvgIpc) is 2.56. The number of nitrogen functional groups attached to an aromatic ring is 1. The zero-order valence-electron chi connectivity index (χ0n) is 13.8. The smallest absolute Gasteiger partial charge is 0.416 e. The number of amides is 1. The number of hydrogen-bond acceptors (Lipinski definition) is 4. The second-order valence-corrected chi connectivity index (χ2v) is 5.31. The third-order valence-electron chi connectivity index (χ3n) is 3.42. The van der Waals surface area contributed by atoms with Gasteiger partial charge in [0.15, 0.2) is 0 Å². The van der Waals surface area contributed by atoms with Gasteiger partial charge in [-0.2, -0.15) is 13.2 Å². The number of alkyl halides is 3. The molecular formula is C17H17F4N3O2. The topological polar surface area (TPSA) is 76.4 Å². The van der Waals surface area contributed by atoms with Gasteiger partial charge in [-0.25, -0.2) is 9.18 Å². The van der Waals surface area contributed by atoms with Crippen LogP contribution >= 0.6 is 0 Å². The molecule has 5 nitrogen and oxygen atoms in total. The molecule has 1 amide bonds. The standard InChI is InChI=1S/C17H17F4N3O2/c1-2-26-16(25)24-15-7-12(18)14(8-13(15)22)23-9-10-3-5-11(6-4-10)17(19,20)21/h3-8,23H,2,9,22H2,1H3,(H,24,25). The first-order valence-electron chi connectivity index (χ1n) is 7.63. The van der Waals surface area contributed by atoms with E-state index in [2.05, 4.69) is 15.4 Å². The molecule has 0 aliphatic heterocycles. The summed E-state index contributed by atoms with van der Waals surface area (Å²) in [6.45, 7) is 1.87. The lowest BCUT2D eigenvalue weighted by Crippen LogP contribution is -2.15. The summed E-state index contributed by atoms with van der Waals surface area (Å²) in [6.07, 6.45) is -5.17. The minimum Gasteiger partial charge on any atom is -0.450 e. The molecule has 0 fully saturated rings. The lowest BCUT2D eigenvalue weighted by atomic mass is 10.1. The SMILES string of the molecule is CCOC(=O)Nc1cc(F)c(NCc2ccc(C(F)(F)F)cc2)cc1N. The summed E-state index contributed by atoms with van der Waals surface area (Å²) >= 11 is 0. The van der Waals surface area contributed by atoms with Gasteiger partial charge in [-0.1, -0.05) is 12.1 Å². The fraction of sp³-hybridized carbons (Fsp3) is 0.235. The summed E-state index contributed by atoms with van der Waals surface area (Å²) in [5.74, 6) is -0.682. The number of nitrogens with two attached hydrogens (primary N) is 1. The van der Waals surface area contributed by atoms with E-state index in [1.807, 2.05) is 0 Å². The van der Waals surface area contributed by atoms with Crippen molar-refractivity contribution in [2.75, 3.05) is 23.0 Å². The molecule has 0 heterocycles. The van der Waals surface area contributed by atoms with Crippen molar-refractivity contribution >= 4 is 23.2 Å². The quantitative estimate of drug-likeness (QED) is 0.530. The molecule has 0 unspecified atom stereocenters. The maximum Gasteiger partial charge on any atom is 0.416 e. The van der Waals surface area contributed by atoms with Gasteiger partial charge >= 0.3 is 12.3 Å². The van der Waals surface area contributed by atoms with E-state index < -0.39 is 23.7 Å². The van der Waals surface area contributed by atoms with E-state index in [9.17, 15) is 22.4 Å². The summed E-state index contributed by atoms with van der Waals surface area (Å²) in [4.78, 5) is 11.4. The van der Waals surface area contributed by atoms with Gasteiger partial charge in [0, 0.05) is 12.6 Å². The summed E-state index contributed by atoms with van der Waals surface area (Å²) in [5, 5.41) is 5.07. The molecule has 0 radical (unpaired) electrons. The Morgan fingerprint density at radius 2 is 1.81 bits per heavy atom. The number of carbonyl (C=O) groups is 1. The fourth-order valence-electron chi connectivity index (χ4n) is 2.12. The van der Waals surface area contributed by atoms with Crippen LogP contribution in [0.5, 0.6) is 0 Å². The molecule has 26 heavy (non-hydrogen) atoms. The molecule has 0 bridgehead atoms. The van der Waals surface area contributed by atoms with Crippen LogP contribution in [0, 0.1) is 5.82 Å². The van der Waals surface area contributed by atoms with E-state index in [0.717, 1.165) is 18.2 Å². The van der Waals surface area contributed by atoms with Crippen LogP contribution in [0.1, 0.15) is 18.1 Å². The summed E-state index contributed by atoms with van der Waals surface area (Å²) in [5.41, 5.74) is 5.76. The highest BCUT2D eigenvalue weighted by Gasteiger charge is 2.29. The van der Waals surface area contributed by atoms with Crippen molar-refractivity contribution in [3.05, 3.63) is 53.3 Å². The Morgan fingerprint density at radius 3 is 2.38 bits per heavy atom. The van der Waals surface area contributed by atoms with Crippen LogP contribution in [0.15, 0.2) is 36.4 Å². The van der Waals surface area contributed by atoms with Gasteiger partial charge in [-0.3, -0.25) is 5.32 Å². The van der Waals surface area contributed by atoms with Crippen molar-refractivity contribution in [1.29, 1.82) is 0 Å². The van der Waals surface area contributed by atoms with Crippen molar-refractivity contribution in [3.8, 4) is 0 Å². The van der Waals surface area contributed by atoms with Crippen LogP contribution in [-0.4, -0.2) is 12.7 Å². The van der Waals surface area contributed by atoms with Crippen LogP contribution in [0.4, 0.5) is 39.4 Å². The number of benzene rings is 2. The average molecular weight is 371 g/mol. The molecule has 140 valence electrons. The third kappa shape index (κ3) is 5.01. The predicted octanol–water partition coefficient (Wildman–Crippen LogP) is 4.61. The molecule has 2 rings (SSSR count). The number of hydrogen-bond donors (Lipinski definition) is 3. The largest absolute Gasteiger partial charge is 0.450 e. The second-order valence-electron chi connectivity index (χ2n) is 5.31. The summed E-state index contributed by atoms with van der Waals surface area (Å²) in [6, 6.07) is 6.81. The van der Waals surface area contributed by atoms with Crippen LogP contribution in [0.2, 0.25) is 0 Å². The molecule has 2 aromatic carbocycles. The van der Waals surface area contributed by atoms with Gasteiger partial charge in [0.25, 0.3) is 0 Å². The highest BCUT2D eigenvalue weighted by molar-refractivity contribution is 5.89. The molecule has 0 spiro atoms. The van der Waals surface area contributed by atoms with Crippen molar-refractivity contribution in [3.63, 3.8) is 0 Å². The molecule has 9 heteroatoms. The van der Waals surface area contributed by atoms with E-state index in [4.69, 9.17) is 5.73 Å². The first-order chi connectivity index (χ1) is 12.2. The van der Waals surface area contributed by atoms with Crippen LogP contribution < -0.4 is 16.4 Å². The normalized spacial score (nSPS) is 11.1. The molecular weight excluding hydrogens is 354 g/mol. The predicted molar refractivity (Wildman–Crippen MR) is 90.2 cm³/mol. The van der Waals surface area contributed by atoms with Crippen molar-refractivity contribution in [2.45, 2.75) is 19.6 Å². The Morgan fingerprint density at radius 1 is 1.15 bits per heavy atom. The third-order valence-corrected chi connectivity index (χ3v) is 3.42.